The molecule has 0 amide bonds. The fourth-order valence-corrected chi connectivity index (χ4v) is 6.00. The highest BCUT2D eigenvalue weighted by atomic mass is 32.1. The van der Waals surface area contributed by atoms with E-state index in [1.807, 2.05) is 19.9 Å². The van der Waals surface area contributed by atoms with E-state index in [4.69, 9.17) is 9.05 Å². The van der Waals surface area contributed by atoms with E-state index < -0.39 is 7.60 Å². The van der Waals surface area contributed by atoms with Gasteiger partial charge in [0.1, 0.15) is 0 Å². The normalized spacial score (nSPS) is 11.9. The van der Waals surface area contributed by atoms with Crippen LogP contribution in [0.5, 0.6) is 0 Å². The molecule has 6 heteroatoms. The quantitative estimate of drug-likeness (QED) is 0.624. The average Bonchev–Trinajstić information content (AvgIpc) is 2.99. The van der Waals surface area contributed by atoms with Crippen LogP contribution in [0.15, 0.2) is 23.6 Å². The van der Waals surface area contributed by atoms with E-state index in [1.54, 1.807) is 22.7 Å². The molecule has 0 N–H and O–H groups in total. The molecular weight excluding hydrogens is 311 g/mol. The molecule has 2 aromatic rings. The summed E-state index contributed by atoms with van der Waals surface area (Å²) in [6.07, 6.45) is 0.348. The van der Waals surface area contributed by atoms with E-state index >= 15 is 0 Å². The smallest absolute Gasteiger partial charge is 0.309 e. The fraction of sp³-hybridized carbons (Fsp3) is 0.429. The molecule has 0 saturated carbocycles. The minimum atomic E-state index is -3.04. The van der Waals surface area contributed by atoms with Crippen molar-refractivity contribution in [2.45, 2.75) is 26.9 Å². The van der Waals surface area contributed by atoms with Crippen molar-refractivity contribution < 1.29 is 13.6 Å². The SMILES string of the molecule is CCOP(=O)(Cc1sc(C)cc1-c1cccs1)OCC. The second kappa shape index (κ2) is 7.01. The van der Waals surface area contributed by atoms with Gasteiger partial charge in [0.05, 0.1) is 19.4 Å². The first-order valence-corrected chi connectivity index (χ1v) is 10.0. The van der Waals surface area contributed by atoms with Gasteiger partial charge in [-0.25, -0.2) is 0 Å². The van der Waals surface area contributed by atoms with Crippen LogP contribution in [0.1, 0.15) is 23.6 Å². The summed E-state index contributed by atoms with van der Waals surface area (Å²) >= 11 is 3.36. The highest BCUT2D eigenvalue weighted by Crippen LogP contribution is 2.54. The summed E-state index contributed by atoms with van der Waals surface area (Å²) < 4.78 is 23.5. The Kier molecular flexibility index (Phi) is 5.58. The van der Waals surface area contributed by atoms with Gasteiger partial charge in [-0.2, -0.15) is 0 Å². The molecule has 0 aliphatic rings. The van der Waals surface area contributed by atoms with Crippen molar-refractivity contribution in [3.63, 3.8) is 0 Å². The second-order valence-corrected chi connectivity index (χ2v) is 8.62. The van der Waals surface area contributed by atoms with E-state index in [2.05, 4.69) is 24.4 Å². The van der Waals surface area contributed by atoms with E-state index in [-0.39, 0.29) is 0 Å². The fourth-order valence-electron chi connectivity index (χ4n) is 2.02. The lowest BCUT2D eigenvalue weighted by Crippen LogP contribution is -1.98. The molecule has 0 saturated heterocycles. The maximum Gasteiger partial charge on any atom is 0.335 e. The van der Waals surface area contributed by atoms with Crippen LogP contribution in [-0.2, 0) is 19.8 Å². The Bertz CT molecular complexity index is 580. The zero-order valence-electron chi connectivity index (χ0n) is 11.9. The monoisotopic (exact) mass is 330 g/mol. The van der Waals surface area contributed by atoms with Crippen molar-refractivity contribution in [2.24, 2.45) is 0 Å². The summed E-state index contributed by atoms with van der Waals surface area (Å²) in [6.45, 7) is 6.54. The van der Waals surface area contributed by atoms with Crippen LogP contribution in [0.2, 0.25) is 0 Å². The third-order valence-corrected chi connectivity index (χ3v) is 6.88. The number of aryl methyl sites for hydroxylation is 1. The molecular formula is C14H19O3PS2. The van der Waals surface area contributed by atoms with Gasteiger partial charge in [-0.05, 0) is 38.3 Å². The zero-order valence-corrected chi connectivity index (χ0v) is 14.4. The molecule has 0 atom stereocenters. The van der Waals surface area contributed by atoms with Crippen LogP contribution >= 0.6 is 30.3 Å². The molecule has 0 spiro atoms. The molecule has 0 aliphatic heterocycles. The Morgan fingerprint density at radius 1 is 1.25 bits per heavy atom. The number of hydrogen-bond acceptors (Lipinski definition) is 5. The van der Waals surface area contributed by atoms with E-state index in [1.165, 1.54) is 9.75 Å². The third kappa shape index (κ3) is 3.80. The molecule has 0 bridgehead atoms. The van der Waals surface area contributed by atoms with Crippen molar-refractivity contribution in [3.8, 4) is 10.4 Å². The minimum Gasteiger partial charge on any atom is -0.309 e. The van der Waals surface area contributed by atoms with Crippen molar-refractivity contribution >= 4 is 30.3 Å². The topological polar surface area (TPSA) is 35.5 Å². The molecule has 0 aromatic carbocycles. The van der Waals surface area contributed by atoms with Gasteiger partial charge in [-0.15, -0.1) is 22.7 Å². The van der Waals surface area contributed by atoms with Gasteiger partial charge >= 0.3 is 7.60 Å². The maximum absolute atomic E-state index is 12.7. The Morgan fingerprint density at radius 3 is 2.50 bits per heavy atom. The van der Waals surface area contributed by atoms with Crippen molar-refractivity contribution in [1.82, 2.24) is 0 Å². The zero-order chi connectivity index (χ0) is 14.6. The summed E-state index contributed by atoms with van der Waals surface area (Å²) in [5, 5.41) is 2.05. The molecule has 0 radical (unpaired) electrons. The lowest BCUT2D eigenvalue weighted by Gasteiger charge is -2.16. The predicted octanol–water partition coefficient (Wildman–Crippen LogP) is 5.55. The van der Waals surface area contributed by atoms with E-state index in [0.29, 0.717) is 19.4 Å². The summed E-state index contributed by atoms with van der Waals surface area (Å²) in [6, 6.07) is 6.26. The van der Waals surface area contributed by atoms with Crippen LogP contribution in [0, 0.1) is 6.92 Å². The number of rotatable bonds is 7. The maximum atomic E-state index is 12.7. The Balaban J connectivity index is 2.31. The molecule has 0 fully saturated rings. The third-order valence-electron chi connectivity index (χ3n) is 2.71. The van der Waals surface area contributed by atoms with Gasteiger partial charge in [0, 0.05) is 20.2 Å². The van der Waals surface area contributed by atoms with Gasteiger partial charge in [-0.1, -0.05) is 6.07 Å². The Hall–Kier alpha value is -0.450. The largest absolute Gasteiger partial charge is 0.335 e. The molecule has 2 aromatic heterocycles. The first-order valence-electron chi connectivity index (χ1n) is 6.59. The minimum absolute atomic E-state index is 0.348. The summed E-state index contributed by atoms with van der Waals surface area (Å²) in [4.78, 5) is 3.49. The average molecular weight is 330 g/mol. The molecule has 2 rings (SSSR count). The lowest BCUT2D eigenvalue weighted by atomic mass is 10.2. The van der Waals surface area contributed by atoms with Gasteiger partial charge < -0.3 is 9.05 Å². The van der Waals surface area contributed by atoms with Crippen molar-refractivity contribution in [2.75, 3.05) is 13.2 Å². The molecule has 0 aliphatic carbocycles. The highest BCUT2D eigenvalue weighted by molar-refractivity contribution is 7.53. The van der Waals surface area contributed by atoms with Gasteiger partial charge in [0.15, 0.2) is 0 Å². The number of thiophene rings is 2. The highest BCUT2D eigenvalue weighted by Gasteiger charge is 2.27. The standard InChI is InChI=1S/C14H19O3PS2/c1-4-16-18(15,17-5-2)10-14-12(9-11(3)20-14)13-7-6-8-19-13/h6-9H,4-5,10H2,1-3H3. The van der Waals surface area contributed by atoms with Gasteiger partial charge in [-0.3, -0.25) is 4.57 Å². The van der Waals surface area contributed by atoms with Gasteiger partial charge in [0.25, 0.3) is 0 Å². The second-order valence-electron chi connectivity index (χ2n) is 4.28. The predicted molar refractivity (Wildman–Crippen MR) is 86.9 cm³/mol. The molecule has 110 valence electrons. The molecule has 0 unspecified atom stereocenters. The molecule has 20 heavy (non-hydrogen) atoms. The van der Waals surface area contributed by atoms with Crippen LogP contribution in [0.4, 0.5) is 0 Å². The Morgan fingerprint density at radius 2 is 1.95 bits per heavy atom. The van der Waals surface area contributed by atoms with Crippen molar-refractivity contribution in [3.05, 3.63) is 33.3 Å². The van der Waals surface area contributed by atoms with Gasteiger partial charge in [0.2, 0.25) is 0 Å². The van der Waals surface area contributed by atoms with Crippen LogP contribution in [-0.4, -0.2) is 13.2 Å². The first-order chi connectivity index (χ1) is 9.58. The van der Waals surface area contributed by atoms with Crippen LogP contribution < -0.4 is 0 Å². The summed E-state index contributed by atoms with van der Waals surface area (Å²) in [5.41, 5.74) is 1.15. The van der Waals surface area contributed by atoms with E-state index in [0.717, 1.165) is 10.4 Å². The van der Waals surface area contributed by atoms with Crippen LogP contribution in [0.3, 0.4) is 0 Å². The molecule has 2 heterocycles. The van der Waals surface area contributed by atoms with Crippen molar-refractivity contribution in [1.29, 1.82) is 0 Å². The Labute approximate surface area is 128 Å². The van der Waals surface area contributed by atoms with E-state index in [9.17, 15) is 4.57 Å². The summed E-state index contributed by atoms with van der Waals surface area (Å²) in [5.74, 6) is 0. The lowest BCUT2D eigenvalue weighted by molar-refractivity contribution is 0.219. The number of hydrogen-bond donors (Lipinski definition) is 0. The summed E-state index contributed by atoms with van der Waals surface area (Å²) in [7, 11) is -3.04. The molecule has 3 nitrogen and oxygen atoms in total. The first kappa shape index (κ1) is 15.9. The van der Waals surface area contributed by atoms with Crippen LogP contribution in [0.25, 0.3) is 10.4 Å².